The van der Waals surface area contributed by atoms with Crippen LogP contribution in [0.2, 0.25) is 0 Å². The molecule has 0 fully saturated rings. The van der Waals surface area contributed by atoms with Crippen LogP contribution in [0.4, 0.5) is 5.69 Å². The summed E-state index contributed by atoms with van der Waals surface area (Å²) in [6.45, 7) is 0. The molecule has 1 amide bonds. The molecule has 3 aromatic rings. The molecular formula is C16H13N3O2S. The second-order valence-electron chi connectivity index (χ2n) is 4.55. The molecule has 1 heterocycles. The summed E-state index contributed by atoms with van der Waals surface area (Å²) >= 11 is 1.33. The average molecular weight is 311 g/mol. The van der Waals surface area contributed by atoms with Crippen molar-refractivity contribution in [2.24, 2.45) is 0 Å². The van der Waals surface area contributed by atoms with Crippen molar-refractivity contribution in [2.75, 3.05) is 12.4 Å². The van der Waals surface area contributed by atoms with E-state index in [1.54, 1.807) is 37.6 Å². The van der Waals surface area contributed by atoms with E-state index < -0.39 is 0 Å². The number of rotatable bonds is 4. The van der Waals surface area contributed by atoms with Crippen LogP contribution in [0.1, 0.15) is 10.4 Å². The molecule has 5 nitrogen and oxygen atoms in total. The minimum Gasteiger partial charge on any atom is -0.497 e. The zero-order valence-electron chi connectivity index (χ0n) is 11.8. The van der Waals surface area contributed by atoms with Gasteiger partial charge in [-0.05, 0) is 47.4 Å². The molecule has 0 aliphatic rings. The maximum absolute atomic E-state index is 12.2. The third kappa shape index (κ3) is 3.12. The van der Waals surface area contributed by atoms with Crippen LogP contribution in [-0.4, -0.2) is 22.6 Å². The Morgan fingerprint density at radius 3 is 2.68 bits per heavy atom. The number of amides is 1. The highest BCUT2D eigenvalue weighted by molar-refractivity contribution is 7.09. The standard InChI is InChI=1S/C16H13N3O2S/c1-21-14-4-2-3-12(9-14)16(20)18-13-7-5-11(6-8-13)15-10-17-19-22-15/h2-10H,1H3,(H,18,20). The number of carbonyl (C=O) groups is 1. The van der Waals surface area contributed by atoms with Gasteiger partial charge in [-0.3, -0.25) is 4.79 Å². The van der Waals surface area contributed by atoms with Crippen LogP contribution in [0.3, 0.4) is 0 Å². The Kier molecular flexibility index (Phi) is 4.11. The van der Waals surface area contributed by atoms with Crippen molar-refractivity contribution < 1.29 is 9.53 Å². The van der Waals surface area contributed by atoms with Gasteiger partial charge in [0.2, 0.25) is 0 Å². The van der Waals surface area contributed by atoms with E-state index in [9.17, 15) is 4.79 Å². The lowest BCUT2D eigenvalue weighted by molar-refractivity contribution is 0.102. The van der Waals surface area contributed by atoms with Crippen molar-refractivity contribution in [1.82, 2.24) is 9.59 Å². The SMILES string of the molecule is COc1cccc(C(=O)Nc2ccc(-c3cnns3)cc2)c1. The quantitative estimate of drug-likeness (QED) is 0.801. The number of nitrogens with zero attached hydrogens (tertiary/aromatic N) is 2. The van der Waals surface area contributed by atoms with Gasteiger partial charge in [-0.2, -0.15) is 0 Å². The van der Waals surface area contributed by atoms with Crippen LogP contribution in [0, 0.1) is 0 Å². The van der Waals surface area contributed by atoms with Crippen LogP contribution in [0.15, 0.2) is 54.7 Å². The zero-order chi connectivity index (χ0) is 15.4. The summed E-state index contributed by atoms with van der Waals surface area (Å²) < 4.78 is 8.96. The highest BCUT2D eigenvalue weighted by Gasteiger charge is 2.07. The minimum atomic E-state index is -0.175. The van der Waals surface area contributed by atoms with Gasteiger partial charge in [0, 0.05) is 11.3 Å². The number of carbonyl (C=O) groups excluding carboxylic acids is 1. The third-order valence-electron chi connectivity index (χ3n) is 3.12. The summed E-state index contributed by atoms with van der Waals surface area (Å²) in [5.74, 6) is 0.479. The summed E-state index contributed by atoms with van der Waals surface area (Å²) in [4.78, 5) is 13.2. The van der Waals surface area contributed by atoms with E-state index >= 15 is 0 Å². The molecule has 0 atom stereocenters. The number of ether oxygens (including phenoxy) is 1. The molecule has 6 heteroatoms. The molecule has 1 N–H and O–H groups in total. The second kappa shape index (κ2) is 6.36. The molecule has 0 aliphatic carbocycles. The monoisotopic (exact) mass is 311 g/mol. The molecule has 0 radical (unpaired) electrons. The predicted molar refractivity (Wildman–Crippen MR) is 86.3 cm³/mol. The largest absolute Gasteiger partial charge is 0.497 e. The first-order chi connectivity index (χ1) is 10.8. The van der Waals surface area contributed by atoms with Crippen LogP contribution in [0.25, 0.3) is 10.4 Å². The Morgan fingerprint density at radius 2 is 2.00 bits per heavy atom. The molecule has 110 valence electrons. The van der Waals surface area contributed by atoms with E-state index in [-0.39, 0.29) is 5.91 Å². The smallest absolute Gasteiger partial charge is 0.255 e. The van der Waals surface area contributed by atoms with Crippen LogP contribution in [-0.2, 0) is 0 Å². The lowest BCUT2D eigenvalue weighted by Gasteiger charge is -2.07. The fraction of sp³-hybridized carbons (Fsp3) is 0.0625. The molecular weight excluding hydrogens is 298 g/mol. The number of benzene rings is 2. The normalized spacial score (nSPS) is 10.2. The van der Waals surface area contributed by atoms with E-state index in [1.807, 2.05) is 24.3 Å². The molecule has 0 saturated carbocycles. The predicted octanol–water partition coefficient (Wildman–Crippen LogP) is 3.47. The van der Waals surface area contributed by atoms with E-state index in [2.05, 4.69) is 14.9 Å². The Morgan fingerprint density at radius 1 is 1.18 bits per heavy atom. The summed E-state index contributed by atoms with van der Waals surface area (Å²) in [6, 6.07) is 14.6. The Labute approximate surface area is 131 Å². The van der Waals surface area contributed by atoms with Gasteiger partial charge in [0.25, 0.3) is 5.91 Å². The van der Waals surface area contributed by atoms with E-state index in [0.29, 0.717) is 11.3 Å². The first-order valence-electron chi connectivity index (χ1n) is 6.59. The summed E-state index contributed by atoms with van der Waals surface area (Å²) in [5.41, 5.74) is 2.30. The fourth-order valence-electron chi connectivity index (χ4n) is 1.98. The molecule has 22 heavy (non-hydrogen) atoms. The van der Waals surface area contributed by atoms with E-state index in [0.717, 1.165) is 16.1 Å². The maximum Gasteiger partial charge on any atom is 0.255 e. The van der Waals surface area contributed by atoms with Crippen molar-refractivity contribution in [3.63, 3.8) is 0 Å². The number of hydrogen-bond donors (Lipinski definition) is 1. The number of hydrogen-bond acceptors (Lipinski definition) is 5. The molecule has 0 aliphatic heterocycles. The molecule has 0 bridgehead atoms. The lowest BCUT2D eigenvalue weighted by atomic mass is 10.1. The van der Waals surface area contributed by atoms with E-state index in [4.69, 9.17) is 4.74 Å². The highest BCUT2D eigenvalue weighted by Crippen LogP contribution is 2.23. The Hall–Kier alpha value is -2.73. The molecule has 1 aromatic heterocycles. The first kappa shape index (κ1) is 14.2. The maximum atomic E-state index is 12.2. The van der Waals surface area contributed by atoms with Crippen LogP contribution in [0.5, 0.6) is 5.75 Å². The van der Waals surface area contributed by atoms with Crippen LogP contribution < -0.4 is 10.1 Å². The second-order valence-corrected chi connectivity index (χ2v) is 5.33. The van der Waals surface area contributed by atoms with Gasteiger partial charge in [0.15, 0.2) is 0 Å². The molecule has 0 unspecified atom stereocenters. The average Bonchev–Trinajstić information content (AvgIpc) is 3.10. The van der Waals surface area contributed by atoms with Crippen molar-refractivity contribution in [2.45, 2.75) is 0 Å². The van der Waals surface area contributed by atoms with Crippen molar-refractivity contribution in [3.8, 4) is 16.2 Å². The fourth-order valence-corrected chi connectivity index (χ4v) is 2.50. The topological polar surface area (TPSA) is 64.1 Å². The van der Waals surface area contributed by atoms with Gasteiger partial charge in [-0.25, -0.2) is 0 Å². The summed E-state index contributed by atoms with van der Waals surface area (Å²) in [6.07, 6.45) is 1.72. The molecule has 0 saturated heterocycles. The number of nitrogens with one attached hydrogen (secondary N) is 1. The van der Waals surface area contributed by atoms with Gasteiger partial charge < -0.3 is 10.1 Å². The van der Waals surface area contributed by atoms with Crippen molar-refractivity contribution in [3.05, 3.63) is 60.3 Å². The minimum absolute atomic E-state index is 0.175. The molecule has 2 aromatic carbocycles. The van der Waals surface area contributed by atoms with Crippen molar-refractivity contribution in [1.29, 1.82) is 0 Å². The van der Waals surface area contributed by atoms with Gasteiger partial charge >= 0.3 is 0 Å². The zero-order valence-corrected chi connectivity index (χ0v) is 12.6. The van der Waals surface area contributed by atoms with Gasteiger partial charge in [-0.15, -0.1) is 5.10 Å². The van der Waals surface area contributed by atoms with Crippen molar-refractivity contribution >= 4 is 23.1 Å². The number of methoxy groups -OCH3 is 1. The van der Waals surface area contributed by atoms with E-state index in [1.165, 1.54) is 11.5 Å². The highest BCUT2D eigenvalue weighted by atomic mass is 32.1. The Bertz CT molecular complexity index is 770. The summed E-state index contributed by atoms with van der Waals surface area (Å²) in [7, 11) is 1.57. The molecule has 3 rings (SSSR count). The number of anilines is 1. The Balaban J connectivity index is 1.74. The van der Waals surface area contributed by atoms with Gasteiger partial charge in [0.05, 0.1) is 18.2 Å². The molecule has 0 spiro atoms. The van der Waals surface area contributed by atoms with Gasteiger partial charge in [0.1, 0.15) is 5.75 Å². The van der Waals surface area contributed by atoms with Gasteiger partial charge in [-0.1, -0.05) is 22.7 Å². The number of aromatic nitrogens is 2. The summed E-state index contributed by atoms with van der Waals surface area (Å²) in [5, 5.41) is 6.67. The third-order valence-corrected chi connectivity index (χ3v) is 3.83. The lowest BCUT2D eigenvalue weighted by Crippen LogP contribution is -2.11. The first-order valence-corrected chi connectivity index (χ1v) is 7.37. The van der Waals surface area contributed by atoms with Crippen LogP contribution >= 0.6 is 11.5 Å².